The maximum absolute atomic E-state index is 12.3. The van der Waals surface area contributed by atoms with Crippen LogP contribution in [0, 0.1) is 0 Å². The number of piperidine rings is 2. The summed E-state index contributed by atoms with van der Waals surface area (Å²) >= 11 is 0. The number of hydrogen-bond acceptors (Lipinski definition) is 3. The molecule has 1 amide bonds. The molecule has 0 radical (unpaired) electrons. The van der Waals surface area contributed by atoms with Crippen LogP contribution in [0.15, 0.2) is 35.5 Å². The molecule has 1 spiro atoms. The van der Waals surface area contributed by atoms with E-state index in [1.165, 1.54) is 0 Å². The number of furan rings is 1. The highest BCUT2D eigenvalue weighted by Gasteiger charge is 2.44. The van der Waals surface area contributed by atoms with Crippen molar-refractivity contribution in [3.05, 3.63) is 36.8 Å². The Morgan fingerprint density at radius 1 is 1.38 bits per heavy atom. The quantitative estimate of drug-likeness (QED) is 0.799. The van der Waals surface area contributed by atoms with Crippen LogP contribution in [0.25, 0.3) is 0 Å². The lowest BCUT2D eigenvalue weighted by molar-refractivity contribution is -0.144. The van der Waals surface area contributed by atoms with Gasteiger partial charge in [0.25, 0.3) is 0 Å². The standard InChI is InChI=1S/C17H24N2O2/c1-2-10-19-16(20)7-3-8-17(19)9-5-11-18(14-17)13-15-6-4-12-21-15/h2,4,6,12H,1,3,5,7-11,13-14H2/t17-/m1/s1. The summed E-state index contributed by atoms with van der Waals surface area (Å²) in [6.45, 7) is 7.37. The highest BCUT2D eigenvalue weighted by atomic mass is 16.3. The molecule has 4 heteroatoms. The van der Waals surface area contributed by atoms with Crippen molar-refractivity contribution >= 4 is 5.91 Å². The van der Waals surface area contributed by atoms with E-state index in [1.54, 1.807) is 6.26 Å². The van der Waals surface area contributed by atoms with Gasteiger partial charge in [-0.15, -0.1) is 6.58 Å². The number of rotatable bonds is 4. The number of likely N-dealkylation sites (tertiary alicyclic amines) is 2. The van der Waals surface area contributed by atoms with E-state index in [0.717, 1.165) is 51.1 Å². The first-order chi connectivity index (χ1) is 10.2. The first-order valence-electron chi connectivity index (χ1n) is 7.90. The molecule has 3 rings (SSSR count). The average Bonchev–Trinajstić information content (AvgIpc) is 2.96. The zero-order valence-electron chi connectivity index (χ0n) is 12.6. The van der Waals surface area contributed by atoms with Gasteiger partial charge in [0.2, 0.25) is 5.91 Å². The van der Waals surface area contributed by atoms with Crippen LogP contribution in [0.5, 0.6) is 0 Å². The summed E-state index contributed by atoms with van der Waals surface area (Å²) in [6.07, 6.45) is 8.65. The second-order valence-corrected chi connectivity index (χ2v) is 6.26. The third-order valence-electron chi connectivity index (χ3n) is 4.81. The average molecular weight is 288 g/mol. The molecule has 3 heterocycles. The summed E-state index contributed by atoms with van der Waals surface area (Å²) < 4.78 is 5.47. The Morgan fingerprint density at radius 2 is 2.24 bits per heavy atom. The molecule has 0 aromatic carbocycles. The van der Waals surface area contributed by atoms with Crippen molar-refractivity contribution in [2.24, 2.45) is 0 Å². The Labute approximate surface area is 126 Å². The van der Waals surface area contributed by atoms with E-state index >= 15 is 0 Å². The zero-order chi connectivity index (χ0) is 14.7. The van der Waals surface area contributed by atoms with E-state index in [-0.39, 0.29) is 5.54 Å². The van der Waals surface area contributed by atoms with Crippen molar-refractivity contribution in [2.45, 2.75) is 44.2 Å². The second-order valence-electron chi connectivity index (χ2n) is 6.26. The van der Waals surface area contributed by atoms with Crippen LogP contribution in [-0.4, -0.2) is 40.9 Å². The van der Waals surface area contributed by atoms with E-state index < -0.39 is 0 Å². The van der Waals surface area contributed by atoms with E-state index in [2.05, 4.69) is 16.4 Å². The Hall–Kier alpha value is -1.55. The van der Waals surface area contributed by atoms with Gasteiger partial charge in [-0.1, -0.05) is 6.08 Å². The predicted molar refractivity (Wildman–Crippen MR) is 81.7 cm³/mol. The lowest BCUT2D eigenvalue weighted by Gasteiger charge is -2.52. The van der Waals surface area contributed by atoms with Crippen molar-refractivity contribution in [1.29, 1.82) is 0 Å². The first kappa shape index (κ1) is 14.4. The second kappa shape index (κ2) is 6.06. The molecule has 0 N–H and O–H groups in total. The topological polar surface area (TPSA) is 36.7 Å². The largest absolute Gasteiger partial charge is 0.468 e. The summed E-state index contributed by atoms with van der Waals surface area (Å²) in [5.41, 5.74) is 0.00830. The van der Waals surface area contributed by atoms with E-state index in [4.69, 9.17) is 4.42 Å². The van der Waals surface area contributed by atoms with Crippen LogP contribution in [0.1, 0.15) is 37.9 Å². The lowest BCUT2D eigenvalue weighted by atomic mass is 9.79. The van der Waals surface area contributed by atoms with Crippen LogP contribution >= 0.6 is 0 Å². The smallest absolute Gasteiger partial charge is 0.223 e. The van der Waals surface area contributed by atoms with Gasteiger partial charge in [-0.2, -0.15) is 0 Å². The number of carbonyl (C=O) groups is 1. The van der Waals surface area contributed by atoms with Crippen LogP contribution < -0.4 is 0 Å². The van der Waals surface area contributed by atoms with Gasteiger partial charge in [-0.05, 0) is 44.4 Å². The van der Waals surface area contributed by atoms with E-state index in [0.29, 0.717) is 18.9 Å². The van der Waals surface area contributed by atoms with Crippen LogP contribution in [0.3, 0.4) is 0 Å². The molecule has 2 saturated heterocycles. The minimum atomic E-state index is 0.00830. The summed E-state index contributed by atoms with van der Waals surface area (Å²) in [5, 5.41) is 0. The molecule has 0 saturated carbocycles. The summed E-state index contributed by atoms with van der Waals surface area (Å²) in [6, 6.07) is 3.96. The normalized spacial score (nSPS) is 27.2. The number of nitrogens with zero attached hydrogens (tertiary/aromatic N) is 2. The molecule has 0 aliphatic carbocycles. The van der Waals surface area contributed by atoms with Gasteiger partial charge in [-0.25, -0.2) is 0 Å². The van der Waals surface area contributed by atoms with E-state index in [1.807, 2.05) is 18.2 Å². The third-order valence-corrected chi connectivity index (χ3v) is 4.81. The van der Waals surface area contributed by atoms with Gasteiger partial charge in [0, 0.05) is 19.5 Å². The molecule has 1 aromatic heterocycles. The molecule has 1 atom stereocenters. The Morgan fingerprint density at radius 3 is 3.00 bits per heavy atom. The fraction of sp³-hybridized carbons (Fsp3) is 0.588. The molecule has 2 aliphatic heterocycles. The van der Waals surface area contributed by atoms with Crippen molar-refractivity contribution < 1.29 is 9.21 Å². The highest BCUT2D eigenvalue weighted by Crippen LogP contribution is 2.37. The predicted octanol–water partition coefficient (Wildman–Crippen LogP) is 2.81. The molecule has 2 aliphatic rings. The molecule has 1 aromatic rings. The summed E-state index contributed by atoms with van der Waals surface area (Å²) in [5.74, 6) is 1.30. The minimum absolute atomic E-state index is 0.00830. The zero-order valence-corrected chi connectivity index (χ0v) is 12.6. The fourth-order valence-electron chi connectivity index (χ4n) is 3.92. The van der Waals surface area contributed by atoms with E-state index in [9.17, 15) is 4.79 Å². The Bertz CT molecular complexity index is 493. The number of amides is 1. The van der Waals surface area contributed by atoms with Gasteiger partial charge in [0.15, 0.2) is 0 Å². The fourth-order valence-corrected chi connectivity index (χ4v) is 3.92. The van der Waals surface area contributed by atoms with Gasteiger partial charge in [-0.3, -0.25) is 9.69 Å². The Balaban J connectivity index is 1.75. The maximum atomic E-state index is 12.3. The van der Waals surface area contributed by atoms with Crippen LogP contribution in [0.2, 0.25) is 0 Å². The van der Waals surface area contributed by atoms with Gasteiger partial charge < -0.3 is 9.32 Å². The monoisotopic (exact) mass is 288 g/mol. The minimum Gasteiger partial charge on any atom is -0.468 e. The number of carbonyl (C=O) groups excluding carboxylic acids is 1. The molecule has 0 bridgehead atoms. The van der Waals surface area contributed by atoms with Gasteiger partial charge in [0.1, 0.15) is 5.76 Å². The van der Waals surface area contributed by atoms with Gasteiger partial charge >= 0.3 is 0 Å². The maximum Gasteiger partial charge on any atom is 0.223 e. The molecule has 21 heavy (non-hydrogen) atoms. The van der Waals surface area contributed by atoms with Crippen molar-refractivity contribution in [3.8, 4) is 0 Å². The van der Waals surface area contributed by atoms with Crippen LogP contribution in [-0.2, 0) is 11.3 Å². The molecular formula is C17H24N2O2. The molecular weight excluding hydrogens is 264 g/mol. The number of hydrogen-bond donors (Lipinski definition) is 0. The van der Waals surface area contributed by atoms with Crippen molar-refractivity contribution in [2.75, 3.05) is 19.6 Å². The molecule has 4 nitrogen and oxygen atoms in total. The SMILES string of the molecule is C=CCN1C(=O)CCC[C@]12CCCN(Cc1ccco1)C2. The van der Waals surface area contributed by atoms with Crippen molar-refractivity contribution in [1.82, 2.24) is 9.80 Å². The third kappa shape index (κ3) is 2.91. The molecule has 114 valence electrons. The van der Waals surface area contributed by atoms with Crippen molar-refractivity contribution in [3.63, 3.8) is 0 Å². The van der Waals surface area contributed by atoms with Crippen LogP contribution in [0.4, 0.5) is 0 Å². The molecule has 0 unspecified atom stereocenters. The highest BCUT2D eigenvalue weighted by molar-refractivity contribution is 5.78. The first-order valence-corrected chi connectivity index (χ1v) is 7.90. The lowest BCUT2D eigenvalue weighted by Crippen LogP contribution is -2.62. The molecule has 2 fully saturated rings. The van der Waals surface area contributed by atoms with Gasteiger partial charge in [0.05, 0.1) is 18.3 Å². The summed E-state index contributed by atoms with van der Waals surface area (Å²) in [4.78, 5) is 16.8. The summed E-state index contributed by atoms with van der Waals surface area (Å²) in [7, 11) is 0. The Kier molecular flexibility index (Phi) is 4.15.